The van der Waals surface area contributed by atoms with Crippen molar-refractivity contribution in [3.8, 4) is 0 Å². The van der Waals surface area contributed by atoms with E-state index in [0.717, 1.165) is 54.4 Å². The van der Waals surface area contributed by atoms with Gasteiger partial charge in [-0.25, -0.2) is 0 Å². The van der Waals surface area contributed by atoms with Crippen LogP contribution in [0.15, 0.2) is 12.2 Å². The lowest BCUT2D eigenvalue weighted by molar-refractivity contribution is 0.187. The molecule has 2 nitrogen and oxygen atoms in total. The molecule has 3 heteroatoms. The summed E-state index contributed by atoms with van der Waals surface area (Å²) in [6.45, 7) is 5.81. The maximum atomic E-state index is 5.97. The number of hydrogen-bond acceptors (Lipinski definition) is 2. The topological polar surface area (TPSA) is 18.5 Å². The van der Waals surface area contributed by atoms with Crippen molar-refractivity contribution < 1.29 is 9.05 Å². The summed E-state index contributed by atoms with van der Waals surface area (Å²) in [5.74, 6) is 5.70. The summed E-state index contributed by atoms with van der Waals surface area (Å²) in [5.41, 5.74) is 0.730. The summed E-state index contributed by atoms with van der Waals surface area (Å²) in [4.78, 5) is 0. The van der Waals surface area contributed by atoms with E-state index in [2.05, 4.69) is 26.0 Å². The monoisotopic (exact) mass is 280 g/mol. The molecule has 0 radical (unpaired) electrons. The number of fused-ring (bicyclic) bond motifs is 9. The molecule has 4 bridgehead atoms. The van der Waals surface area contributed by atoms with Gasteiger partial charge >= 0.3 is 0 Å². The molecule has 4 rings (SSSR count). The van der Waals surface area contributed by atoms with Gasteiger partial charge < -0.3 is 9.05 Å². The lowest BCUT2D eigenvalue weighted by atomic mass is 9.73. The van der Waals surface area contributed by atoms with Crippen LogP contribution in [0.3, 0.4) is 0 Å². The Hall–Kier alpha value is 0.0900. The van der Waals surface area contributed by atoms with Crippen LogP contribution >= 0.6 is 8.38 Å². The van der Waals surface area contributed by atoms with E-state index in [4.69, 9.17) is 9.05 Å². The van der Waals surface area contributed by atoms with Crippen LogP contribution in [0.4, 0.5) is 0 Å². The quantitative estimate of drug-likeness (QED) is 0.426. The Kier molecular flexibility index (Phi) is 3.25. The standard InChI is InChI=1S/C16H25O2P/c1-3-17-19(18-4-2)14-9-12-8-13(14)16-11-6-5-10(7-11)15(12)16/h5-6,10-16H,3-4,7-9H2,1-2H3. The third-order valence-corrected chi connectivity index (χ3v) is 8.18. The van der Waals surface area contributed by atoms with Gasteiger partial charge in [-0.3, -0.25) is 0 Å². The van der Waals surface area contributed by atoms with Crippen molar-refractivity contribution in [3.05, 3.63) is 12.2 Å². The van der Waals surface area contributed by atoms with E-state index in [0.29, 0.717) is 0 Å². The molecule has 0 aliphatic heterocycles. The summed E-state index contributed by atoms with van der Waals surface area (Å²) in [5, 5.41) is 0. The van der Waals surface area contributed by atoms with Gasteiger partial charge in [0.2, 0.25) is 0 Å². The summed E-state index contributed by atoms with van der Waals surface area (Å²) in [7, 11) is -0.634. The molecule has 7 unspecified atom stereocenters. The SMILES string of the molecule is CCOP(OCC)C1CC2CC1C1C3C=CC(C3)C21. The maximum Gasteiger partial charge on any atom is 0.174 e. The van der Waals surface area contributed by atoms with Gasteiger partial charge in [-0.1, -0.05) is 12.2 Å². The predicted octanol–water partition coefficient (Wildman–Crippen LogP) is 4.22. The molecular formula is C16H25O2P. The highest BCUT2D eigenvalue weighted by Crippen LogP contribution is 2.70. The van der Waals surface area contributed by atoms with E-state index >= 15 is 0 Å². The zero-order chi connectivity index (χ0) is 13.0. The van der Waals surface area contributed by atoms with Crippen LogP contribution in [0.2, 0.25) is 0 Å². The van der Waals surface area contributed by atoms with Crippen LogP contribution in [0.5, 0.6) is 0 Å². The Balaban J connectivity index is 1.53. The highest BCUT2D eigenvalue weighted by Gasteiger charge is 2.62. The first kappa shape index (κ1) is 12.8. The first-order valence-electron chi connectivity index (χ1n) is 8.06. The van der Waals surface area contributed by atoms with Gasteiger partial charge in [0.15, 0.2) is 8.38 Å². The third-order valence-electron chi connectivity index (χ3n) is 6.02. The second-order valence-electron chi connectivity index (χ2n) is 6.69. The van der Waals surface area contributed by atoms with Gasteiger partial charge in [0.05, 0.1) is 13.2 Å². The van der Waals surface area contributed by atoms with E-state index in [1.807, 2.05) is 0 Å². The Morgan fingerprint density at radius 1 is 0.947 bits per heavy atom. The molecule has 0 aromatic rings. The molecular weight excluding hydrogens is 255 g/mol. The van der Waals surface area contributed by atoms with Gasteiger partial charge in [0, 0.05) is 5.66 Å². The molecule has 3 saturated carbocycles. The van der Waals surface area contributed by atoms with Crippen LogP contribution in [0, 0.1) is 35.5 Å². The lowest BCUT2D eigenvalue weighted by Crippen LogP contribution is -2.33. The largest absolute Gasteiger partial charge is 0.334 e. The molecule has 0 aromatic carbocycles. The average Bonchev–Trinajstić information content (AvgIpc) is 3.16. The first-order chi connectivity index (χ1) is 9.33. The predicted molar refractivity (Wildman–Crippen MR) is 77.9 cm³/mol. The van der Waals surface area contributed by atoms with Crippen molar-refractivity contribution in [2.24, 2.45) is 35.5 Å². The number of allylic oxidation sites excluding steroid dienone is 2. The van der Waals surface area contributed by atoms with Crippen molar-refractivity contribution in [2.45, 2.75) is 38.8 Å². The molecule has 0 N–H and O–H groups in total. The van der Waals surface area contributed by atoms with Crippen molar-refractivity contribution in [3.63, 3.8) is 0 Å². The second kappa shape index (κ2) is 4.83. The van der Waals surface area contributed by atoms with E-state index < -0.39 is 8.38 Å². The van der Waals surface area contributed by atoms with Crippen LogP contribution in [-0.4, -0.2) is 18.9 Å². The summed E-state index contributed by atoms with van der Waals surface area (Å²) in [6, 6.07) is 0. The molecule has 106 valence electrons. The van der Waals surface area contributed by atoms with Crippen molar-refractivity contribution in [1.29, 1.82) is 0 Å². The molecule has 0 heterocycles. The van der Waals surface area contributed by atoms with Crippen molar-refractivity contribution >= 4 is 8.38 Å². The zero-order valence-corrected chi connectivity index (χ0v) is 12.9. The molecule has 4 aliphatic rings. The van der Waals surface area contributed by atoms with Crippen LogP contribution < -0.4 is 0 Å². The fraction of sp³-hybridized carbons (Fsp3) is 0.875. The fourth-order valence-electron chi connectivity index (χ4n) is 5.71. The van der Waals surface area contributed by atoms with E-state index in [1.165, 1.54) is 19.3 Å². The maximum absolute atomic E-state index is 5.97. The van der Waals surface area contributed by atoms with Gasteiger partial charge in [-0.15, -0.1) is 0 Å². The summed E-state index contributed by atoms with van der Waals surface area (Å²) in [6.07, 6.45) is 9.35. The highest BCUT2D eigenvalue weighted by atomic mass is 31.2. The molecule has 4 aliphatic carbocycles. The van der Waals surface area contributed by atoms with Gasteiger partial charge in [0.1, 0.15) is 0 Å². The van der Waals surface area contributed by atoms with Crippen molar-refractivity contribution in [2.75, 3.05) is 13.2 Å². The molecule has 19 heavy (non-hydrogen) atoms. The molecule has 7 atom stereocenters. The molecule has 0 spiro atoms. The van der Waals surface area contributed by atoms with Crippen molar-refractivity contribution in [1.82, 2.24) is 0 Å². The Morgan fingerprint density at radius 3 is 2.32 bits per heavy atom. The number of rotatable bonds is 5. The zero-order valence-electron chi connectivity index (χ0n) is 12.0. The third kappa shape index (κ3) is 1.79. The van der Waals surface area contributed by atoms with E-state index in [9.17, 15) is 0 Å². The second-order valence-corrected chi connectivity index (χ2v) is 8.44. The summed E-state index contributed by atoms with van der Waals surface area (Å²) < 4.78 is 11.9. The van der Waals surface area contributed by atoms with E-state index in [1.54, 1.807) is 0 Å². The van der Waals surface area contributed by atoms with Gasteiger partial charge in [-0.2, -0.15) is 0 Å². The Bertz CT molecular complexity index is 377. The Morgan fingerprint density at radius 2 is 1.63 bits per heavy atom. The molecule has 0 saturated heterocycles. The summed E-state index contributed by atoms with van der Waals surface area (Å²) >= 11 is 0. The lowest BCUT2D eigenvalue weighted by Gasteiger charge is -2.38. The van der Waals surface area contributed by atoms with Crippen LogP contribution in [0.1, 0.15) is 33.1 Å². The minimum absolute atomic E-state index is 0.634. The molecule has 0 amide bonds. The van der Waals surface area contributed by atoms with Crippen LogP contribution in [0.25, 0.3) is 0 Å². The minimum Gasteiger partial charge on any atom is -0.334 e. The van der Waals surface area contributed by atoms with Crippen LogP contribution in [-0.2, 0) is 9.05 Å². The Labute approximate surface area is 117 Å². The highest BCUT2D eigenvalue weighted by molar-refractivity contribution is 7.48. The normalized spacial score (nSPS) is 49.5. The van der Waals surface area contributed by atoms with E-state index in [-0.39, 0.29) is 0 Å². The molecule has 3 fully saturated rings. The molecule has 0 aromatic heterocycles. The van der Waals surface area contributed by atoms with Gasteiger partial charge in [-0.05, 0) is 68.6 Å². The average molecular weight is 280 g/mol. The first-order valence-corrected chi connectivity index (χ1v) is 9.31. The van der Waals surface area contributed by atoms with Gasteiger partial charge in [0.25, 0.3) is 0 Å². The smallest absolute Gasteiger partial charge is 0.174 e. The fourth-order valence-corrected chi connectivity index (χ4v) is 7.75. The number of hydrogen-bond donors (Lipinski definition) is 0. The minimum atomic E-state index is -0.634.